The third kappa shape index (κ3) is 14.1. The number of carbonyl (C=O) groups excluding carboxylic acids is 4. The molecule has 0 saturated carbocycles. The van der Waals surface area contributed by atoms with Crippen LogP contribution in [0.1, 0.15) is 19.8 Å². The molecule has 0 unspecified atom stereocenters. The summed E-state index contributed by atoms with van der Waals surface area (Å²) in [6.45, 7) is 3.42. The van der Waals surface area contributed by atoms with E-state index in [0.29, 0.717) is 19.6 Å². The van der Waals surface area contributed by atoms with Crippen LogP contribution < -0.4 is 20.6 Å². The summed E-state index contributed by atoms with van der Waals surface area (Å²) in [6.07, 6.45) is 0.417. The molecule has 0 atom stereocenters. The molecule has 12 nitrogen and oxygen atoms in total. The Hall–Kier alpha value is -1.12. The van der Waals surface area contributed by atoms with Crippen LogP contribution in [0.3, 0.4) is 0 Å². The van der Waals surface area contributed by atoms with Crippen LogP contribution in [0.25, 0.3) is 0 Å². The molecule has 0 spiro atoms. The van der Waals surface area contributed by atoms with E-state index in [1.807, 2.05) is 6.92 Å². The first-order chi connectivity index (χ1) is 14.7. The van der Waals surface area contributed by atoms with Crippen LogP contribution in [0.2, 0.25) is 0 Å². The van der Waals surface area contributed by atoms with Gasteiger partial charge in [-0.15, -0.1) is 0 Å². The number of hydrogen-bond donors (Lipinski definition) is 1. The van der Waals surface area contributed by atoms with Crippen LogP contribution in [0.15, 0.2) is 0 Å². The Bertz CT molecular complexity index is 611. The van der Waals surface area contributed by atoms with Crippen molar-refractivity contribution in [1.82, 2.24) is 24.9 Å². The van der Waals surface area contributed by atoms with E-state index >= 15 is 0 Å². The zero-order valence-electron chi connectivity index (χ0n) is 18.4. The number of hydrogen-bond acceptors (Lipinski definition) is 10. The molecule has 13 heteroatoms. The van der Waals surface area contributed by atoms with Crippen molar-refractivity contribution in [1.29, 1.82) is 0 Å². The van der Waals surface area contributed by atoms with E-state index in [9.17, 15) is 34.5 Å². The normalized spacial score (nSPS) is 17.5. The van der Waals surface area contributed by atoms with Crippen LogP contribution in [0.4, 0.5) is 4.79 Å². The van der Waals surface area contributed by atoms with E-state index in [4.69, 9.17) is 0 Å². The van der Waals surface area contributed by atoms with Gasteiger partial charge in [0, 0.05) is 72.0 Å². The average molecular weight is 600 g/mol. The smallest absolute Gasteiger partial charge is 0.549 e. The van der Waals surface area contributed by atoms with E-state index in [0.717, 1.165) is 17.7 Å². The summed E-state index contributed by atoms with van der Waals surface area (Å²) in [4.78, 5) is 51.7. The second-order valence-corrected chi connectivity index (χ2v) is 7.53. The van der Waals surface area contributed by atoms with Crippen LogP contribution >= 0.6 is 0 Å². The number of aliphatic carboxylic acids is 2. The summed E-state index contributed by atoms with van der Waals surface area (Å²) in [6, 6.07) is 0. The van der Waals surface area contributed by atoms with Gasteiger partial charge in [0.25, 0.3) is 0 Å². The SMILES string of the molecule is CCCCNC(=O)CN1CCN(CC(=O)[O-])CCN(CC(=O)[O-])CCN(C(=O)[O-])CC1.[Gd+3]. The van der Waals surface area contributed by atoms with Gasteiger partial charge in [-0.05, 0) is 6.42 Å². The molecular weight excluding hydrogens is 567 g/mol. The van der Waals surface area contributed by atoms with Crippen molar-refractivity contribution in [3.63, 3.8) is 0 Å². The number of carboxylic acids is 2. The Balaban J connectivity index is 0.00000961. The Labute approximate surface area is 220 Å². The zero-order chi connectivity index (χ0) is 23.2. The van der Waals surface area contributed by atoms with Crippen molar-refractivity contribution in [2.45, 2.75) is 19.8 Å². The Morgan fingerprint density at radius 1 is 0.719 bits per heavy atom. The molecule has 2 amide bonds. The quantitative estimate of drug-likeness (QED) is 0.254. The topological polar surface area (TPSA) is 162 Å². The maximum absolute atomic E-state index is 12.2. The molecule has 0 aromatic heterocycles. The molecule has 0 aromatic carbocycles. The summed E-state index contributed by atoms with van der Waals surface area (Å²) in [5.41, 5.74) is 0. The van der Waals surface area contributed by atoms with Gasteiger partial charge < -0.3 is 39.9 Å². The molecule has 32 heavy (non-hydrogen) atoms. The number of rotatable bonds is 9. The van der Waals surface area contributed by atoms with Gasteiger partial charge in [-0.2, -0.15) is 0 Å². The van der Waals surface area contributed by atoms with Gasteiger partial charge >= 0.3 is 39.9 Å². The van der Waals surface area contributed by atoms with Crippen molar-refractivity contribution in [2.24, 2.45) is 0 Å². The van der Waals surface area contributed by atoms with Crippen LogP contribution in [0.5, 0.6) is 0 Å². The molecule has 1 N–H and O–H groups in total. The van der Waals surface area contributed by atoms with E-state index < -0.39 is 24.6 Å². The first-order valence-electron chi connectivity index (χ1n) is 10.5. The Morgan fingerprint density at radius 2 is 1.12 bits per heavy atom. The molecule has 1 aliphatic rings. The maximum Gasteiger partial charge on any atom is 3.00 e. The fourth-order valence-corrected chi connectivity index (χ4v) is 3.22. The van der Waals surface area contributed by atoms with E-state index in [1.54, 1.807) is 9.80 Å². The molecule has 1 heterocycles. The maximum atomic E-state index is 12.2. The number of unbranched alkanes of at least 4 members (excludes halogenated alkanes) is 1. The van der Waals surface area contributed by atoms with E-state index in [-0.39, 0.29) is 98.2 Å². The fraction of sp³-hybridized carbons (Fsp3) is 0.789. The first-order valence-corrected chi connectivity index (χ1v) is 10.5. The number of amides is 2. The molecule has 0 bridgehead atoms. The van der Waals surface area contributed by atoms with Crippen molar-refractivity contribution in [3.8, 4) is 0 Å². The largest absolute Gasteiger partial charge is 3.00 e. The van der Waals surface area contributed by atoms with Crippen molar-refractivity contribution < 1.29 is 74.4 Å². The van der Waals surface area contributed by atoms with Gasteiger partial charge in [-0.3, -0.25) is 19.5 Å². The molecular formula is C19H32GdN5O7. The molecule has 1 radical (unpaired) electrons. The predicted molar refractivity (Wildman–Crippen MR) is 104 cm³/mol. The molecule has 1 rings (SSSR count). The number of carbonyl (C=O) groups is 4. The second kappa shape index (κ2) is 17.4. The van der Waals surface area contributed by atoms with Gasteiger partial charge in [0.15, 0.2) is 0 Å². The molecule has 1 aliphatic heterocycles. The van der Waals surface area contributed by atoms with Crippen molar-refractivity contribution in [2.75, 3.05) is 78.5 Å². The molecule has 1 saturated heterocycles. The Morgan fingerprint density at radius 3 is 1.50 bits per heavy atom. The Kier molecular flexibility index (Phi) is 16.8. The van der Waals surface area contributed by atoms with Gasteiger partial charge in [-0.1, -0.05) is 13.3 Å². The molecule has 0 aliphatic carbocycles. The second-order valence-electron chi connectivity index (χ2n) is 7.53. The zero-order valence-corrected chi connectivity index (χ0v) is 20.7. The van der Waals surface area contributed by atoms with Crippen molar-refractivity contribution >= 4 is 23.9 Å². The van der Waals surface area contributed by atoms with E-state index in [2.05, 4.69) is 5.32 Å². The predicted octanol–water partition coefficient (Wildman–Crippen LogP) is -5.03. The van der Waals surface area contributed by atoms with Crippen molar-refractivity contribution in [3.05, 3.63) is 0 Å². The number of nitrogens with one attached hydrogen (secondary N) is 1. The summed E-state index contributed by atoms with van der Waals surface area (Å²) in [5.74, 6) is -2.75. The number of carboxylic acid groups (broad SMARTS) is 3. The van der Waals surface area contributed by atoms with Gasteiger partial charge in [0.1, 0.15) is 6.09 Å². The van der Waals surface area contributed by atoms with Gasteiger partial charge in [0.2, 0.25) is 5.91 Å². The van der Waals surface area contributed by atoms with Gasteiger partial charge in [-0.25, -0.2) is 0 Å². The summed E-state index contributed by atoms with van der Waals surface area (Å²) >= 11 is 0. The monoisotopic (exact) mass is 600 g/mol. The minimum absolute atomic E-state index is 0. The average Bonchev–Trinajstić information content (AvgIpc) is 2.67. The summed E-state index contributed by atoms with van der Waals surface area (Å²) in [7, 11) is 0. The molecule has 0 aromatic rings. The third-order valence-electron chi connectivity index (χ3n) is 5.02. The fourth-order valence-electron chi connectivity index (χ4n) is 3.22. The molecule has 183 valence electrons. The van der Waals surface area contributed by atoms with E-state index in [1.165, 1.54) is 4.90 Å². The standard InChI is InChI=1S/C19H35N5O7.Gd/c1-2-3-4-20-16(25)13-21-5-6-22(14-17(26)27)7-8-23(15-18(28)29)10-12-24(11-9-21)19(30)31;/h2-15H2,1H3,(H,20,25)(H,26,27)(H,28,29)(H,30,31);/q;+3/p-3. The summed E-state index contributed by atoms with van der Waals surface area (Å²) in [5, 5.41) is 36.4. The minimum atomic E-state index is -1.38. The van der Waals surface area contributed by atoms with Crippen LogP contribution in [-0.2, 0) is 14.4 Å². The number of nitrogens with zero attached hydrogens (tertiary/aromatic N) is 4. The third-order valence-corrected chi connectivity index (χ3v) is 5.02. The first kappa shape index (κ1) is 30.9. The van der Waals surface area contributed by atoms with Gasteiger partial charge in [0.05, 0.1) is 18.5 Å². The van der Waals surface area contributed by atoms with Crippen LogP contribution in [-0.4, -0.2) is 122 Å². The molecule has 1 fully saturated rings. The summed E-state index contributed by atoms with van der Waals surface area (Å²) < 4.78 is 0. The van der Waals surface area contributed by atoms with Crippen LogP contribution in [0, 0.1) is 39.9 Å². The minimum Gasteiger partial charge on any atom is -0.549 e.